The molecular weight excluding hydrogens is 400 g/mol. The maximum atomic E-state index is 9.68. The van der Waals surface area contributed by atoms with E-state index in [4.69, 9.17) is 10.5 Å². The standard InChI is InChI=1S/C25H32N6O/c1-2-3-12-32-17-23-29-24(27)22-13-21(14-26)31(25(22)30-23)16-19-10-8-18(9-11-19)15-28-20-6-4-5-7-20/h8-11,13,20,28H,2-7,12,15-17H2,1H3,(H2,27,29,30). The van der Waals surface area contributed by atoms with Crippen molar-refractivity contribution < 1.29 is 4.74 Å². The molecule has 0 aliphatic heterocycles. The molecule has 3 aromatic rings. The van der Waals surface area contributed by atoms with Gasteiger partial charge >= 0.3 is 0 Å². The molecular formula is C25H32N6O. The van der Waals surface area contributed by atoms with Gasteiger partial charge in [0.05, 0.1) is 11.9 Å². The Bertz CT molecular complexity index is 1080. The van der Waals surface area contributed by atoms with Crippen LogP contribution in [0.2, 0.25) is 0 Å². The van der Waals surface area contributed by atoms with E-state index in [9.17, 15) is 5.26 Å². The number of hydrogen-bond acceptors (Lipinski definition) is 6. The average molecular weight is 433 g/mol. The molecule has 1 fully saturated rings. The number of nitriles is 1. The molecule has 0 atom stereocenters. The van der Waals surface area contributed by atoms with Crippen LogP contribution in [0, 0.1) is 11.3 Å². The number of rotatable bonds is 10. The number of anilines is 1. The highest BCUT2D eigenvalue weighted by atomic mass is 16.5. The van der Waals surface area contributed by atoms with Crippen LogP contribution in [0.25, 0.3) is 11.0 Å². The average Bonchev–Trinajstić information content (AvgIpc) is 3.45. The molecule has 4 rings (SSSR count). The second-order valence-corrected chi connectivity index (χ2v) is 8.57. The maximum absolute atomic E-state index is 9.68. The van der Waals surface area contributed by atoms with E-state index in [0.29, 0.717) is 54.2 Å². The van der Waals surface area contributed by atoms with Crippen molar-refractivity contribution in [2.45, 2.75) is 71.2 Å². The van der Waals surface area contributed by atoms with Crippen molar-refractivity contribution in [2.24, 2.45) is 0 Å². The van der Waals surface area contributed by atoms with Crippen LogP contribution < -0.4 is 11.1 Å². The van der Waals surface area contributed by atoms with Gasteiger partial charge in [-0.05, 0) is 36.5 Å². The third-order valence-corrected chi connectivity index (χ3v) is 6.13. The summed E-state index contributed by atoms with van der Waals surface area (Å²) >= 11 is 0. The second-order valence-electron chi connectivity index (χ2n) is 8.57. The number of hydrogen-bond donors (Lipinski definition) is 2. The van der Waals surface area contributed by atoms with Crippen LogP contribution >= 0.6 is 0 Å². The molecule has 1 aliphatic carbocycles. The van der Waals surface area contributed by atoms with Gasteiger partial charge in [-0.15, -0.1) is 0 Å². The smallest absolute Gasteiger partial charge is 0.158 e. The molecule has 7 heteroatoms. The number of unbranched alkanes of at least 4 members (excludes halogenated alkanes) is 1. The summed E-state index contributed by atoms with van der Waals surface area (Å²) in [4.78, 5) is 9.05. The first-order valence-electron chi connectivity index (χ1n) is 11.6. The molecule has 1 saturated carbocycles. The largest absolute Gasteiger partial charge is 0.383 e. The normalized spacial score (nSPS) is 14.2. The van der Waals surface area contributed by atoms with E-state index in [2.05, 4.69) is 52.5 Å². The minimum Gasteiger partial charge on any atom is -0.383 e. The summed E-state index contributed by atoms with van der Waals surface area (Å²) in [5.41, 5.74) is 9.77. The number of fused-ring (bicyclic) bond motifs is 1. The Kier molecular flexibility index (Phi) is 7.35. The van der Waals surface area contributed by atoms with Crippen LogP contribution in [0.1, 0.15) is 68.1 Å². The SMILES string of the molecule is CCCCOCc1nc(N)c2cc(C#N)n(Cc3ccc(CNC4CCCC4)cc3)c2n1. The van der Waals surface area contributed by atoms with E-state index < -0.39 is 0 Å². The zero-order valence-electron chi connectivity index (χ0n) is 18.8. The van der Waals surface area contributed by atoms with Gasteiger partial charge in [-0.3, -0.25) is 0 Å². The second kappa shape index (κ2) is 10.6. The van der Waals surface area contributed by atoms with Crippen LogP contribution in [-0.4, -0.2) is 27.2 Å². The molecule has 0 bridgehead atoms. The summed E-state index contributed by atoms with van der Waals surface area (Å²) in [7, 11) is 0. The van der Waals surface area contributed by atoms with Gasteiger partial charge < -0.3 is 20.4 Å². The summed E-state index contributed by atoms with van der Waals surface area (Å²) in [5.74, 6) is 0.927. The van der Waals surface area contributed by atoms with Crippen molar-refractivity contribution >= 4 is 16.9 Å². The summed E-state index contributed by atoms with van der Waals surface area (Å²) in [5, 5.41) is 14.0. The minimum absolute atomic E-state index is 0.315. The Morgan fingerprint density at radius 2 is 1.94 bits per heavy atom. The highest BCUT2D eigenvalue weighted by molar-refractivity contribution is 5.88. The van der Waals surface area contributed by atoms with E-state index >= 15 is 0 Å². The Morgan fingerprint density at radius 3 is 2.66 bits per heavy atom. The minimum atomic E-state index is 0.315. The number of nitrogens with two attached hydrogens (primary N) is 1. The third-order valence-electron chi connectivity index (χ3n) is 6.13. The van der Waals surface area contributed by atoms with Crippen LogP contribution in [-0.2, 0) is 24.4 Å². The van der Waals surface area contributed by atoms with Crippen LogP contribution in [0.5, 0.6) is 0 Å². The lowest BCUT2D eigenvalue weighted by Gasteiger charge is -2.12. The van der Waals surface area contributed by atoms with E-state index in [1.54, 1.807) is 6.07 Å². The molecule has 0 radical (unpaired) electrons. The maximum Gasteiger partial charge on any atom is 0.158 e. The molecule has 2 heterocycles. The fourth-order valence-corrected chi connectivity index (χ4v) is 4.26. The van der Waals surface area contributed by atoms with Gasteiger partial charge in [0.2, 0.25) is 0 Å². The molecule has 0 saturated heterocycles. The number of ether oxygens (including phenoxy) is 1. The lowest BCUT2D eigenvalue weighted by atomic mass is 10.1. The molecule has 0 amide bonds. The number of nitrogen functional groups attached to an aromatic ring is 1. The van der Waals surface area contributed by atoms with Crippen molar-refractivity contribution in [3.05, 3.63) is 53.0 Å². The van der Waals surface area contributed by atoms with Crippen molar-refractivity contribution in [3.8, 4) is 6.07 Å². The van der Waals surface area contributed by atoms with Crippen molar-refractivity contribution in [3.63, 3.8) is 0 Å². The van der Waals surface area contributed by atoms with E-state index in [-0.39, 0.29) is 0 Å². The zero-order valence-corrected chi connectivity index (χ0v) is 18.8. The number of benzene rings is 1. The Morgan fingerprint density at radius 1 is 1.19 bits per heavy atom. The molecule has 32 heavy (non-hydrogen) atoms. The summed E-state index contributed by atoms with van der Waals surface area (Å²) in [6, 6.07) is 13.3. The quantitative estimate of drug-likeness (QED) is 0.464. The summed E-state index contributed by atoms with van der Waals surface area (Å²) < 4.78 is 7.58. The van der Waals surface area contributed by atoms with Gasteiger partial charge in [-0.25, -0.2) is 9.97 Å². The van der Waals surface area contributed by atoms with Crippen molar-refractivity contribution in [1.82, 2.24) is 19.9 Å². The van der Waals surface area contributed by atoms with E-state index in [1.807, 2.05) is 4.57 Å². The third kappa shape index (κ3) is 5.26. The Balaban J connectivity index is 1.50. The molecule has 1 aliphatic rings. The Labute approximate surface area is 189 Å². The molecule has 1 aromatic carbocycles. The van der Waals surface area contributed by atoms with Gasteiger partial charge in [-0.2, -0.15) is 5.26 Å². The molecule has 7 nitrogen and oxygen atoms in total. The summed E-state index contributed by atoms with van der Waals surface area (Å²) in [6.45, 7) is 4.56. The van der Waals surface area contributed by atoms with Crippen molar-refractivity contribution in [2.75, 3.05) is 12.3 Å². The first kappa shape index (κ1) is 22.3. The lowest BCUT2D eigenvalue weighted by molar-refractivity contribution is 0.113. The first-order valence-corrected chi connectivity index (χ1v) is 11.6. The van der Waals surface area contributed by atoms with E-state index in [0.717, 1.165) is 24.9 Å². The van der Waals surface area contributed by atoms with Gasteiger partial charge in [0, 0.05) is 19.2 Å². The first-order chi connectivity index (χ1) is 15.7. The number of nitrogens with zero attached hydrogens (tertiary/aromatic N) is 4. The molecule has 168 valence electrons. The van der Waals surface area contributed by atoms with Crippen LogP contribution in [0.4, 0.5) is 5.82 Å². The Hall–Kier alpha value is -2.95. The van der Waals surface area contributed by atoms with Gasteiger partial charge in [0.15, 0.2) is 5.82 Å². The molecule has 0 spiro atoms. The highest BCUT2D eigenvalue weighted by Crippen LogP contribution is 2.24. The van der Waals surface area contributed by atoms with Crippen LogP contribution in [0.3, 0.4) is 0 Å². The predicted octanol–water partition coefficient (Wildman–Crippen LogP) is 4.28. The monoisotopic (exact) mass is 432 g/mol. The molecule has 3 N–H and O–H groups in total. The topological polar surface area (TPSA) is 102 Å². The fourth-order valence-electron chi connectivity index (χ4n) is 4.26. The molecule has 2 aromatic heterocycles. The molecule has 0 unspecified atom stereocenters. The van der Waals surface area contributed by atoms with Gasteiger partial charge in [-0.1, -0.05) is 50.5 Å². The van der Waals surface area contributed by atoms with Gasteiger partial charge in [0.25, 0.3) is 0 Å². The van der Waals surface area contributed by atoms with Crippen molar-refractivity contribution in [1.29, 1.82) is 5.26 Å². The van der Waals surface area contributed by atoms with Crippen LogP contribution in [0.15, 0.2) is 30.3 Å². The number of nitrogens with one attached hydrogen (secondary N) is 1. The van der Waals surface area contributed by atoms with Gasteiger partial charge in [0.1, 0.15) is 29.8 Å². The number of aromatic nitrogens is 3. The van der Waals surface area contributed by atoms with E-state index in [1.165, 1.54) is 31.2 Å². The fraction of sp³-hybridized carbons (Fsp3) is 0.480. The summed E-state index contributed by atoms with van der Waals surface area (Å²) in [6.07, 6.45) is 7.32. The predicted molar refractivity (Wildman–Crippen MR) is 126 cm³/mol. The lowest BCUT2D eigenvalue weighted by Crippen LogP contribution is -2.25. The highest BCUT2D eigenvalue weighted by Gasteiger charge is 2.16. The zero-order chi connectivity index (χ0) is 22.3.